The van der Waals surface area contributed by atoms with Crippen LogP contribution in [0.5, 0.6) is 0 Å². The predicted octanol–water partition coefficient (Wildman–Crippen LogP) is 1.66. The molecular weight excluding hydrogens is 247 g/mol. The molecule has 1 N–H and O–H groups in total. The number of carboxylic acid groups (broad SMARTS) is 1. The maximum absolute atomic E-state index is 13.3. The Morgan fingerprint density at radius 2 is 2.21 bits per heavy atom. The molecule has 0 aliphatic carbocycles. The van der Waals surface area contributed by atoms with Crippen molar-refractivity contribution in [3.8, 4) is 0 Å². The van der Waals surface area contributed by atoms with Gasteiger partial charge in [0.05, 0.1) is 5.56 Å². The molecule has 2 rings (SSSR count). The summed E-state index contributed by atoms with van der Waals surface area (Å²) >= 11 is 0. The van der Waals surface area contributed by atoms with Crippen LogP contribution in [0, 0.1) is 5.82 Å². The maximum Gasteiger partial charge on any atom is 0.338 e. The van der Waals surface area contributed by atoms with Gasteiger partial charge in [-0.2, -0.15) is 0 Å². The summed E-state index contributed by atoms with van der Waals surface area (Å²) in [5, 5.41) is 8.92. The number of benzene rings is 1. The van der Waals surface area contributed by atoms with E-state index in [1.807, 2.05) is 0 Å². The third-order valence-electron chi connectivity index (χ3n) is 3.62. The fourth-order valence-electron chi connectivity index (χ4n) is 2.48. The smallest absolute Gasteiger partial charge is 0.338 e. The first kappa shape index (κ1) is 14.0. The van der Waals surface area contributed by atoms with Crippen LogP contribution in [0.1, 0.15) is 22.8 Å². The van der Waals surface area contributed by atoms with Crippen molar-refractivity contribution in [1.29, 1.82) is 0 Å². The summed E-state index contributed by atoms with van der Waals surface area (Å²) < 4.78 is 13.3. The van der Waals surface area contributed by atoms with Gasteiger partial charge in [-0.1, -0.05) is 6.07 Å². The second kappa shape index (κ2) is 5.67. The van der Waals surface area contributed by atoms with Crippen molar-refractivity contribution in [3.05, 3.63) is 35.1 Å². The quantitative estimate of drug-likeness (QED) is 0.903. The van der Waals surface area contributed by atoms with Crippen LogP contribution >= 0.6 is 0 Å². The van der Waals surface area contributed by atoms with E-state index >= 15 is 0 Å². The van der Waals surface area contributed by atoms with Crippen LogP contribution < -0.4 is 0 Å². The highest BCUT2D eigenvalue weighted by Gasteiger charge is 2.22. The van der Waals surface area contributed by atoms with Crippen molar-refractivity contribution < 1.29 is 14.3 Å². The van der Waals surface area contributed by atoms with E-state index in [1.54, 1.807) is 6.07 Å². The van der Waals surface area contributed by atoms with Crippen LogP contribution in [0.3, 0.4) is 0 Å². The Labute approximate surface area is 112 Å². The molecule has 1 aromatic carbocycles. The Kier molecular flexibility index (Phi) is 4.17. The zero-order chi connectivity index (χ0) is 14.0. The summed E-state index contributed by atoms with van der Waals surface area (Å²) in [5.41, 5.74) is 0.592. The number of carbonyl (C=O) groups is 1. The third-order valence-corrected chi connectivity index (χ3v) is 3.62. The van der Waals surface area contributed by atoms with Crippen molar-refractivity contribution in [3.63, 3.8) is 0 Å². The molecule has 1 heterocycles. The lowest BCUT2D eigenvalue weighted by Gasteiger charge is -2.38. The van der Waals surface area contributed by atoms with Gasteiger partial charge >= 0.3 is 5.97 Å². The molecule has 0 radical (unpaired) electrons. The molecule has 4 nitrogen and oxygen atoms in total. The third kappa shape index (κ3) is 3.30. The van der Waals surface area contributed by atoms with Crippen molar-refractivity contribution in [2.45, 2.75) is 19.5 Å². The number of halogens is 1. The fraction of sp³-hybridized carbons (Fsp3) is 0.500. The summed E-state index contributed by atoms with van der Waals surface area (Å²) in [6.07, 6.45) is 0. The van der Waals surface area contributed by atoms with E-state index in [9.17, 15) is 9.18 Å². The average Bonchev–Trinajstić information content (AvgIpc) is 2.34. The van der Waals surface area contributed by atoms with Crippen LogP contribution in [0.2, 0.25) is 0 Å². The summed E-state index contributed by atoms with van der Waals surface area (Å²) in [5.74, 6) is -1.89. The molecule has 0 spiro atoms. The normalized spacial score (nSPS) is 21.5. The second-order valence-corrected chi connectivity index (χ2v) is 5.20. The van der Waals surface area contributed by atoms with Crippen LogP contribution in [0.15, 0.2) is 18.2 Å². The van der Waals surface area contributed by atoms with Gasteiger partial charge < -0.3 is 10.0 Å². The van der Waals surface area contributed by atoms with E-state index in [-0.39, 0.29) is 5.56 Å². The Morgan fingerprint density at radius 3 is 2.84 bits per heavy atom. The number of aromatic carboxylic acids is 1. The molecule has 1 saturated heterocycles. The lowest BCUT2D eigenvalue weighted by atomic mass is 10.1. The largest absolute Gasteiger partial charge is 0.478 e. The van der Waals surface area contributed by atoms with Crippen molar-refractivity contribution >= 4 is 5.97 Å². The highest BCUT2D eigenvalue weighted by molar-refractivity contribution is 5.88. The van der Waals surface area contributed by atoms with Gasteiger partial charge in [-0.3, -0.25) is 4.90 Å². The Morgan fingerprint density at radius 1 is 1.47 bits per heavy atom. The summed E-state index contributed by atoms with van der Waals surface area (Å²) in [7, 11) is 2.09. The van der Waals surface area contributed by atoms with E-state index in [0.29, 0.717) is 12.6 Å². The Balaban J connectivity index is 2.11. The van der Waals surface area contributed by atoms with Gasteiger partial charge in [-0.25, -0.2) is 9.18 Å². The zero-order valence-corrected chi connectivity index (χ0v) is 11.3. The molecule has 1 aromatic rings. The number of likely N-dealkylation sites (N-methyl/N-ethyl adjacent to an activating group) is 1. The topological polar surface area (TPSA) is 43.8 Å². The van der Waals surface area contributed by atoms with E-state index in [4.69, 9.17) is 5.11 Å². The highest BCUT2D eigenvalue weighted by Crippen LogP contribution is 2.16. The van der Waals surface area contributed by atoms with Gasteiger partial charge in [0.15, 0.2) is 0 Å². The molecule has 0 aromatic heterocycles. The second-order valence-electron chi connectivity index (χ2n) is 5.20. The molecule has 1 aliphatic heterocycles. The molecule has 104 valence electrons. The van der Waals surface area contributed by atoms with Gasteiger partial charge in [0.1, 0.15) is 5.82 Å². The van der Waals surface area contributed by atoms with Gasteiger partial charge in [0, 0.05) is 32.2 Å². The van der Waals surface area contributed by atoms with Crippen LogP contribution in [0.4, 0.5) is 4.39 Å². The monoisotopic (exact) mass is 266 g/mol. The van der Waals surface area contributed by atoms with Crippen LogP contribution in [-0.4, -0.2) is 53.6 Å². The maximum atomic E-state index is 13.3. The Hall–Kier alpha value is -1.46. The van der Waals surface area contributed by atoms with E-state index in [0.717, 1.165) is 25.2 Å². The summed E-state index contributed by atoms with van der Waals surface area (Å²) in [6.45, 7) is 5.74. The standard InChI is InChI=1S/C14H19FN2O2/c1-10-8-16(2)5-6-17(10)9-11-3-4-13(15)12(7-11)14(18)19/h3-4,7,10H,5-6,8-9H2,1-2H3,(H,18,19). The number of nitrogens with zero attached hydrogens (tertiary/aromatic N) is 2. The molecule has 0 saturated carbocycles. The van der Waals surface area contributed by atoms with E-state index < -0.39 is 11.8 Å². The minimum absolute atomic E-state index is 0.251. The molecule has 1 aliphatic rings. The number of hydrogen-bond donors (Lipinski definition) is 1. The summed E-state index contributed by atoms with van der Waals surface area (Å²) in [4.78, 5) is 15.5. The SMILES string of the molecule is CC1CN(C)CCN1Cc1ccc(F)c(C(=O)O)c1. The number of piperazine rings is 1. The van der Waals surface area contributed by atoms with Gasteiger partial charge in [-0.05, 0) is 31.7 Å². The van der Waals surface area contributed by atoms with Gasteiger partial charge in [-0.15, -0.1) is 0 Å². The highest BCUT2D eigenvalue weighted by atomic mass is 19.1. The molecule has 1 unspecified atom stereocenters. The summed E-state index contributed by atoms with van der Waals surface area (Å²) in [6, 6.07) is 4.74. The number of carboxylic acids is 1. The van der Waals surface area contributed by atoms with Crippen LogP contribution in [0.25, 0.3) is 0 Å². The Bertz CT molecular complexity index is 479. The average molecular weight is 266 g/mol. The molecule has 5 heteroatoms. The first-order valence-electron chi connectivity index (χ1n) is 6.41. The lowest BCUT2D eigenvalue weighted by Crippen LogP contribution is -2.49. The van der Waals surface area contributed by atoms with Crippen LogP contribution in [-0.2, 0) is 6.54 Å². The zero-order valence-electron chi connectivity index (χ0n) is 11.3. The van der Waals surface area contributed by atoms with Crippen molar-refractivity contribution in [1.82, 2.24) is 9.80 Å². The minimum Gasteiger partial charge on any atom is -0.478 e. The predicted molar refractivity (Wildman–Crippen MR) is 70.7 cm³/mol. The minimum atomic E-state index is -1.22. The first-order valence-corrected chi connectivity index (χ1v) is 6.41. The molecule has 0 amide bonds. The number of hydrogen-bond acceptors (Lipinski definition) is 3. The van der Waals surface area contributed by atoms with E-state index in [1.165, 1.54) is 12.1 Å². The van der Waals surface area contributed by atoms with Crippen molar-refractivity contribution in [2.24, 2.45) is 0 Å². The molecule has 0 bridgehead atoms. The first-order chi connectivity index (χ1) is 8.97. The van der Waals surface area contributed by atoms with Gasteiger partial charge in [0.25, 0.3) is 0 Å². The molecule has 1 atom stereocenters. The van der Waals surface area contributed by atoms with Gasteiger partial charge in [0.2, 0.25) is 0 Å². The number of rotatable bonds is 3. The molecular formula is C14H19FN2O2. The fourth-order valence-corrected chi connectivity index (χ4v) is 2.48. The van der Waals surface area contributed by atoms with E-state index in [2.05, 4.69) is 23.8 Å². The van der Waals surface area contributed by atoms with Crippen molar-refractivity contribution in [2.75, 3.05) is 26.7 Å². The molecule has 1 fully saturated rings. The molecule has 19 heavy (non-hydrogen) atoms. The lowest BCUT2D eigenvalue weighted by molar-refractivity contribution is 0.0691.